The highest BCUT2D eigenvalue weighted by Gasteiger charge is 2.43. The number of carbonyl (C=O) groups excluding carboxylic acids is 1. The van der Waals surface area contributed by atoms with E-state index in [4.69, 9.17) is 0 Å². The second-order valence-electron chi connectivity index (χ2n) is 6.53. The van der Waals surface area contributed by atoms with Crippen LogP contribution in [0.3, 0.4) is 0 Å². The van der Waals surface area contributed by atoms with E-state index in [-0.39, 0.29) is 11.8 Å². The van der Waals surface area contributed by atoms with E-state index in [1.807, 2.05) is 42.5 Å². The minimum Gasteiger partial charge on any atom is -0.309 e. The Hall–Kier alpha value is -2.21. The average molecular weight is 311 g/mol. The second-order valence-corrected chi connectivity index (χ2v) is 6.53. The number of hydrogen-bond acceptors (Lipinski definition) is 4. The zero-order valence-electron chi connectivity index (χ0n) is 13.3. The van der Waals surface area contributed by atoms with Gasteiger partial charge in [-0.15, -0.1) is 0 Å². The molecular formula is C17H21N5O. The summed E-state index contributed by atoms with van der Waals surface area (Å²) in [6, 6.07) is 6.00. The molecule has 0 radical (unpaired) electrons. The van der Waals surface area contributed by atoms with Crippen molar-refractivity contribution in [2.45, 2.75) is 13.0 Å². The molecule has 2 aromatic heterocycles. The summed E-state index contributed by atoms with van der Waals surface area (Å²) < 4.78 is 1.75. The van der Waals surface area contributed by atoms with E-state index in [9.17, 15) is 4.79 Å². The Labute approximate surface area is 135 Å². The van der Waals surface area contributed by atoms with E-state index in [2.05, 4.69) is 15.0 Å². The quantitative estimate of drug-likeness (QED) is 0.857. The number of likely N-dealkylation sites (tertiary alicyclic amines) is 1. The minimum absolute atomic E-state index is 0.104. The Bertz CT molecular complexity index is 698. The predicted molar refractivity (Wildman–Crippen MR) is 86.7 cm³/mol. The molecule has 2 saturated heterocycles. The van der Waals surface area contributed by atoms with Gasteiger partial charge in [0.2, 0.25) is 5.91 Å². The lowest BCUT2D eigenvalue weighted by atomic mass is 9.88. The molecule has 23 heavy (non-hydrogen) atoms. The lowest BCUT2D eigenvalue weighted by molar-refractivity contribution is -0.124. The zero-order valence-corrected chi connectivity index (χ0v) is 13.3. The van der Waals surface area contributed by atoms with Crippen molar-refractivity contribution in [1.29, 1.82) is 0 Å². The van der Waals surface area contributed by atoms with Gasteiger partial charge >= 0.3 is 0 Å². The third kappa shape index (κ3) is 2.74. The van der Waals surface area contributed by atoms with E-state index < -0.39 is 0 Å². The molecule has 0 bridgehead atoms. The molecule has 0 spiro atoms. The highest BCUT2D eigenvalue weighted by atomic mass is 16.2. The monoisotopic (exact) mass is 311 g/mol. The van der Waals surface area contributed by atoms with E-state index in [0.29, 0.717) is 5.92 Å². The van der Waals surface area contributed by atoms with Crippen LogP contribution in [0, 0.1) is 11.8 Å². The Morgan fingerprint density at radius 1 is 1.30 bits per heavy atom. The summed E-state index contributed by atoms with van der Waals surface area (Å²) in [5.41, 5.74) is 1.99. The lowest BCUT2D eigenvalue weighted by Gasteiger charge is -2.32. The van der Waals surface area contributed by atoms with Crippen molar-refractivity contribution in [3.05, 3.63) is 42.5 Å². The first-order valence-electron chi connectivity index (χ1n) is 8.13. The van der Waals surface area contributed by atoms with Crippen LogP contribution in [0.25, 0.3) is 0 Å². The van der Waals surface area contributed by atoms with Gasteiger partial charge in [0, 0.05) is 45.6 Å². The third-order valence-electron chi connectivity index (χ3n) is 4.94. The van der Waals surface area contributed by atoms with Gasteiger partial charge in [-0.1, -0.05) is 6.07 Å². The maximum atomic E-state index is 12.9. The van der Waals surface area contributed by atoms with Crippen LogP contribution < -0.4 is 4.90 Å². The van der Waals surface area contributed by atoms with Crippen molar-refractivity contribution >= 4 is 11.6 Å². The number of piperidine rings is 1. The van der Waals surface area contributed by atoms with Crippen molar-refractivity contribution < 1.29 is 4.79 Å². The molecule has 0 saturated carbocycles. The largest absolute Gasteiger partial charge is 0.309 e. The summed E-state index contributed by atoms with van der Waals surface area (Å²) in [6.45, 7) is 3.45. The highest BCUT2D eigenvalue weighted by Crippen LogP contribution is 2.34. The standard InChI is InChI=1S/C17H21N5O/c1-20-11-15(8-19-20)22-7-5-13-9-21(12-16(13)17(22)23)10-14-4-2-3-6-18-14/h2-4,6,8,11,13,16H,5,7,9-10,12H2,1H3. The highest BCUT2D eigenvalue weighted by molar-refractivity contribution is 5.96. The molecule has 2 aliphatic heterocycles. The van der Waals surface area contributed by atoms with Crippen molar-refractivity contribution in [1.82, 2.24) is 19.7 Å². The number of hydrogen-bond donors (Lipinski definition) is 0. The Balaban J connectivity index is 1.46. The number of aryl methyl sites for hydroxylation is 1. The molecule has 6 nitrogen and oxygen atoms in total. The van der Waals surface area contributed by atoms with Crippen molar-refractivity contribution in [3.63, 3.8) is 0 Å². The van der Waals surface area contributed by atoms with Crippen LogP contribution in [0.5, 0.6) is 0 Å². The summed E-state index contributed by atoms with van der Waals surface area (Å²) in [5.74, 6) is 0.824. The number of rotatable bonds is 3. The van der Waals surface area contributed by atoms with Crippen molar-refractivity contribution in [3.8, 4) is 0 Å². The van der Waals surface area contributed by atoms with Crippen LogP contribution in [-0.4, -0.2) is 45.2 Å². The molecule has 0 N–H and O–H groups in total. The van der Waals surface area contributed by atoms with E-state index >= 15 is 0 Å². The van der Waals surface area contributed by atoms with Crippen LogP contribution in [0.4, 0.5) is 5.69 Å². The Kier molecular flexibility index (Phi) is 3.61. The fraction of sp³-hybridized carbons (Fsp3) is 0.471. The minimum atomic E-state index is 0.104. The third-order valence-corrected chi connectivity index (χ3v) is 4.94. The zero-order chi connectivity index (χ0) is 15.8. The van der Waals surface area contributed by atoms with Crippen LogP contribution >= 0.6 is 0 Å². The van der Waals surface area contributed by atoms with Crippen molar-refractivity contribution in [2.75, 3.05) is 24.5 Å². The fourth-order valence-electron chi connectivity index (χ4n) is 3.79. The van der Waals surface area contributed by atoms with Gasteiger partial charge < -0.3 is 4.90 Å². The predicted octanol–water partition coefficient (Wildman–Crippen LogP) is 1.30. The SMILES string of the molecule is Cn1cc(N2CCC3CN(Cc4ccccn4)CC3C2=O)cn1. The van der Waals surface area contributed by atoms with Crippen molar-refractivity contribution in [2.24, 2.45) is 18.9 Å². The topological polar surface area (TPSA) is 54.3 Å². The molecule has 120 valence electrons. The Morgan fingerprint density at radius 2 is 2.22 bits per heavy atom. The average Bonchev–Trinajstić information content (AvgIpc) is 3.15. The summed E-state index contributed by atoms with van der Waals surface area (Å²) in [5, 5.41) is 4.19. The molecule has 2 unspecified atom stereocenters. The van der Waals surface area contributed by atoms with Crippen LogP contribution in [0.1, 0.15) is 12.1 Å². The molecule has 2 fully saturated rings. The molecular weight excluding hydrogens is 290 g/mol. The van der Waals surface area contributed by atoms with E-state index in [1.54, 1.807) is 10.9 Å². The van der Waals surface area contributed by atoms with Crippen LogP contribution in [-0.2, 0) is 18.4 Å². The van der Waals surface area contributed by atoms with Gasteiger partial charge in [-0.05, 0) is 24.5 Å². The fourth-order valence-corrected chi connectivity index (χ4v) is 3.79. The van der Waals surface area contributed by atoms with Gasteiger partial charge in [0.25, 0.3) is 0 Å². The normalized spacial score (nSPS) is 24.9. The molecule has 4 heterocycles. The van der Waals surface area contributed by atoms with Gasteiger partial charge in [-0.2, -0.15) is 5.10 Å². The van der Waals surface area contributed by atoms with Gasteiger partial charge in [0.15, 0.2) is 0 Å². The number of aromatic nitrogens is 3. The van der Waals surface area contributed by atoms with Gasteiger partial charge in [-0.25, -0.2) is 0 Å². The molecule has 2 aromatic rings. The van der Waals surface area contributed by atoms with Gasteiger partial charge in [0.05, 0.1) is 23.5 Å². The first-order valence-corrected chi connectivity index (χ1v) is 8.13. The van der Waals surface area contributed by atoms with E-state index in [1.165, 1.54) is 0 Å². The maximum Gasteiger partial charge on any atom is 0.231 e. The molecule has 4 rings (SSSR count). The Morgan fingerprint density at radius 3 is 2.96 bits per heavy atom. The summed E-state index contributed by atoms with van der Waals surface area (Å²) in [7, 11) is 1.88. The number of amides is 1. The van der Waals surface area contributed by atoms with Gasteiger partial charge in [0.1, 0.15) is 0 Å². The maximum absolute atomic E-state index is 12.9. The van der Waals surface area contributed by atoms with Crippen LogP contribution in [0.2, 0.25) is 0 Å². The molecule has 0 aliphatic carbocycles. The summed E-state index contributed by atoms with van der Waals surface area (Å²) in [4.78, 5) is 21.5. The van der Waals surface area contributed by atoms with Gasteiger partial charge in [-0.3, -0.25) is 19.4 Å². The molecule has 6 heteroatoms. The summed E-state index contributed by atoms with van der Waals surface area (Å²) in [6.07, 6.45) is 6.58. The molecule has 2 atom stereocenters. The number of anilines is 1. The summed E-state index contributed by atoms with van der Waals surface area (Å²) >= 11 is 0. The smallest absolute Gasteiger partial charge is 0.231 e. The molecule has 2 aliphatic rings. The van der Waals surface area contributed by atoms with E-state index in [0.717, 1.165) is 44.0 Å². The first kappa shape index (κ1) is 14.4. The lowest BCUT2D eigenvalue weighted by Crippen LogP contribution is -2.45. The number of carbonyl (C=O) groups is 1. The number of nitrogens with zero attached hydrogens (tertiary/aromatic N) is 5. The number of pyridine rings is 1. The van der Waals surface area contributed by atoms with Crippen LogP contribution in [0.15, 0.2) is 36.8 Å². The first-order chi connectivity index (χ1) is 11.2. The molecule has 1 amide bonds. The number of fused-ring (bicyclic) bond motifs is 1. The second kappa shape index (κ2) is 5.77. The molecule has 0 aromatic carbocycles.